The van der Waals surface area contributed by atoms with E-state index in [-0.39, 0.29) is 11.9 Å². The summed E-state index contributed by atoms with van der Waals surface area (Å²) in [7, 11) is 0. The first kappa shape index (κ1) is 22.4. The minimum absolute atomic E-state index is 0.183. The number of hydrogen-bond acceptors (Lipinski definition) is 3. The van der Waals surface area contributed by atoms with Crippen LogP contribution in [0.25, 0.3) is 0 Å². The van der Waals surface area contributed by atoms with E-state index in [2.05, 4.69) is 58.8 Å². The fraction of sp³-hybridized carbons (Fsp3) is 0.842. The van der Waals surface area contributed by atoms with Gasteiger partial charge in [-0.05, 0) is 37.4 Å². The number of nitrogens with one attached hydrogen (secondary N) is 2. The SMILES string of the molecule is C=C(CC(C)SC(C)C)NCCCCCC(=O)NC(C)C(C)C. The average molecular weight is 343 g/mol. The summed E-state index contributed by atoms with van der Waals surface area (Å²) in [5.41, 5.74) is 1.13. The van der Waals surface area contributed by atoms with Crippen molar-refractivity contribution >= 4 is 17.7 Å². The van der Waals surface area contributed by atoms with Crippen LogP contribution in [0.1, 0.15) is 73.6 Å². The summed E-state index contributed by atoms with van der Waals surface area (Å²) < 4.78 is 0. The lowest BCUT2D eigenvalue weighted by molar-refractivity contribution is -0.122. The predicted octanol–water partition coefficient (Wildman–Crippen LogP) is 4.73. The molecule has 0 fully saturated rings. The number of carbonyl (C=O) groups is 1. The smallest absolute Gasteiger partial charge is 0.220 e. The maximum absolute atomic E-state index is 11.8. The zero-order valence-electron chi connectivity index (χ0n) is 16.1. The Labute approximate surface area is 148 Å². The molecule has 0 aliphatic carbocycles. The van der Waals surface area contributed by atoms with E-state index in [0.29, 0.717) is 22.8 Å². The highest BCUT2D eigenvalue weighted by atomic mass is 32.2. The summed E-state index contributed by atoms with van der Waals surface area (Å²) in [5.74, 6) is 0.675. The molecule has 0 aromatic heterocycles. The Hall–Kier alpha value is -0.640. The molecule has 0 heterocycles. The van der Waals surface area contributed by atoms with E-state index in [1.54, 1.807) is 0 Å². The molecule has 3 nitrogen and oxygen atoms in total. The third kappa shape index (κ3) is 13.5. The number of amides is 1. The first-order chi connectivity index (χ1) is 10.7. The van der Waals surface area contributed by atoms with E-state index in [0.717, 1.165) is 37.9 Å². The fourth-order valence-corrected chi connectivity index (χ4v) is 3.50. The Kier molecular flexibility index (Phi) is 12.4. The average Bonchev–Trinajstić information content (AvgIpc) is 2.41. The summed E-state index contributed by atoms with van der Waals surface area (Å²) in [6, 6.07) is 0.262. The summed E-state index contributed by atoms with van der Waals surface area (Å²) in [6.07, 6.45) is 4.81. The van der Waals surface area contributed by atoms with Crippen LogP contribution in [0.5, 0.6) is 0 Å². The van der Waals surface area contributed by atoms with E-state index in [4.69, 9.17) is 0 Å². The van der Waals surface area contributed by atoms with Gasteiger partial charge in [-0.3, -0.25) is 4.79 Å². The van der Waals surface area contributed by atoms with Crippen molar-refractivity contribution in [1.82, 2.24) is 10.6 Å². The van der Waals surface area contributed by atoms with Crippen LogP contribution >= 0.6 is 11.8 Å². The van der Waals surface area contributed by atoms with Gasteiger partial charge in [0, 0.05) is 30.0 Å². The van der Waals surface area contributed by atoms with Crippen molar-refractivity contribution in [3.05, 3.63) is 12.3 Å². The van der Waals surface area contributed by atoms with Gasteiger partial charge in [0.25, 0.3) is 0 Å². The number of thioether (sulfide) groups is 1. The van der Waals surface area contributed by atoms with Gasteiger partial charge in [0.05, 0.1) is 0 Å². The Morgan fingerprint density at radius 1 is 1.04 bits per heavy atom. The quantitative estimate of drug-likeness (QED) is 0.475. The molecular formula is C19H38N2OS. The van der Waals surface area contributed by atoms with Crippen LogP contribution in [0.4, 0.5) is 0 Å². The van der Waals surface area contributed by atoms with Crippen molar-refractivity contribution in [2.45, 2.75) is 90.2 Å². The van der Waals surface area contributed by atoms with E-state index in [1.165, 1.54) is 0 Å². The third-order valence-corrected chi connectivity index (χ3v) is 5.06. The molecule has 0 aromatic carbocycles. The molecule has 2 unspecified atom stereocenters. The van der Waals surface area contributed by atoms with Gasteiger partial charge in [0.2, 0.25) is 5.91 Å². The summed E-state index contributed by atoms with van der Waals surface area (Å²) >= 11 is 1.99. The molecule has 1 amide bonds. The van der Waals surface area contributed by atoms with Crippen LogP contribution in [-0.2, 0) is 4.79 Å². The summed E-state index contributed by atoms with van der Waals surface area (Å²) in [5, 5.41) is 7.75. The van der Waals surface area contributed by atoms with Gasteiger partial charge in [-0.2, -0.15) is 11.8 Å². The topological polar surface area (TPSA) is 41.1 Å². The van der Waals surface area contributed by atoms with Crippen molar-refractivity contribution in [2.24, 2.45) is 5.92 Å². The molecule has 23 heavy (non-hydrogen) atoms. The minimum atomic E-state index is 0.183. The van der Waals surface area contributed by atoms with Crippen LogP contribution in [0, 0.1) is 5.92 Å². The molecule has 0 bridgehead atoms. The van der Waals surface area contributed by atoms with Crippen molar-refractivity contribution in [3.63, 3.8) is 0 Å². The highest BCUT2D eigenvalue weighted by Gasteiger charge is 2.10. The number of allylic oxidation sites excluding steroid dienone is 1. The van der Waals surface area contributed by atoms with Crippen molar-refractivity contribution in [2.75, 3.05) is 6.54 Å². The molecule has 4 heteroatoms. The van der Waals surface area contributed by atoms with Crippen LogP contribution in [0.3, 0.4) is 0 Å². The molecule has 0 aliphatic heterocycles. The lowest BCUT2D eigenvalue weighted by Gasteiger charge is -2.17. The van der Waals surface area contributed by atoms with Gasteiger partial charge >= 0.3 is 0 Å². The predicted molar refractivity (Wildman–Crippen MR) is 105 cm³/mol. The van der Waals surface area contributed by atoms with E-state index >= 15 is 0 Å². The Morgan fingerprint density at radius 2 is 1.70 bits per heavy atom. The van der Waals surface area contributed by atoms with Crippen molar-refractivity contribution in [3.8, 4) is 0 Å². The molecule has 0 rings (SSSR count). The Bertz CT molecular complexity index is 342. The molecule has 136 valence electrons. The lowest BCUT2D eigenvalue weighted by atomic mass is 10.1. The third-order valence-electron chi connectivity index (χ3n) is 3.88. The second-order valence-corrected chi connectivity index (χ2v) is 9.16. The number of rotatable bonds is 13. The second kappa shape index (κ2) is 12.7. The number of hydrogen-bond donors (Lipinski definition) is 2. The zero-order chi connectivity index (χ0) is 17.8. The van der Waals surface area contributed by atoms with Gasteiger partial charge in [-0.25, -0.2) is 0 Å². The largest absolute Gasteiger partial charge is 0.389 e. The van der Waals surface area contributed by atoms with Crippen molar-refractivity contribution in [1.29, 1.82) is 0 Å². The summed E-state index contributed by atoms with van der Waals surface area (Å²) in [6.45, 7) is 18.1. The maximum Gasteiger partial charge on any atom is 0.220 e. The van der Waals surface area contributed by atoms with Crippen LogP contribution in [-0.4, -0.2) is 29.0 Å². The molecule has 0 saturated carbocycles. The summed E-state index contributed by atoms with van der Waals surface area (Å²) in [4.78, 5) is 11.8. The van der Waals surface area contributed by atoms with E-state index < -0.39 is 0 Å². The monoisotopic (exact) mass is 342 g/mol. The first-order valence-corrected chi connectivity index (χ1v) is 10.0. The Morgan fingerprint density at radius 3 is 2.26 bits per heavy atom. The minimum Gasteiger partial charge on any atom is -0.389 e. The van der Waals surface area contributed by atoms with Crippen LogP contribution < -0.4 is 10.6 Å². The van der Waals surface area contributed by atoms with Gasteiger partial charge in [0.15, 0.2) is 0 Å². The van der Waals surface area contributed by atoms with Gasteiger partial charge < -0.3 is 10.6 Å². The Balaban J connectivity index is 3.58. The number of carbonyl (C=O) groups excluding carboxylic acids is 1. The maximum atomic E-state index is 11.8. The van der Waals surface area contributed by atoms with Crippen molar-refractivity contribution < 1.29 is 4.79 Å². The molecule has 0 aliphatic rings. The lowest BCUT2D eigenvalue weighted by Crippen LogP contribution is -2.35. The van der Waals surface area contributed by atoms with Crippen LogP contribution in [0.2, 0.25) is 0 Å². The molecule has 0 aromatic rings. The first-order valence-electron chi connectivity index (χ1n) is 9.08. The van der Waals surface area contributed by atoms with Gasteiger partial charge in [0.1, 0.15) is 0 Å². The molecule has 0 radical (unpaired) electrons. The highest BCUT2D eigenvalue weighted by molar-refractivity contribution is 8.00. The normalized spacial score (nSPS) is 13.9. The van der Waals surface area contributed by atoms with Crippen LogP contribution in [0.15, 0.2) is 12.3 Å². The standard InChI is InChI=1S/C19H38N2OS/c1-14(2)18(7)21-19(22)11-9-8-10-12-20-16(5)13-17(6)23-15(3)4/h14-15,17-18,20H,5,8-13H2,1-4,6-7H3,(H,21,22). The molecule has 2 atom stereocenters. The molecule has 0 saturated heterocycles. The zero-order valence-corrected chi connectivity index (χ0v) is 16.9. The van der Waals surface area contributed by atoms with E-state index in [1.807, 2.05) is 11.8 Å². The second-order valence-electron chi connectivity index (χ2n) is 7.14. The fourth-order valence-electron chi connectivity index (χ4n) is 2.28. The molecule has 0 spiro atoms. The van der Waals surface area contributed by atoms with Gasteiger partial charge in [-0.1, -0.05) is 47.6 Å². The van der Waals surface area contributed by atoms with Gasteiger partial charge in [-0.15, -0.1) is 0 Å². The molecular weight excluding hydrogens is 304 g/mol. The van der Waals surface area contributed by atoms with E-state index in [9.17, 15) is 4.79 Å². The number of unbranched alkanes of at least 4 members (excludes halogenated alkanes) is 2. The highest BCUT2D eigenvalue weighted by Crippen LogP contribution is 2.21. The molecule has 2 N–H and O–H groups in total.